The van der Waals surface area contributed by atoms with Crippen LogP contribution in [0, 0.1) is 18.2 Å². The topological polar surface area (TPSA) is 48.3 Å². The fourth-order valence-electron chi connectivity index (χ4n) is 2.10. The summed E-state index contributed by atoms with van der Waals surface area (Å²) in [6.45, 7) is 1.86. The maximum atomic E-state index is 13.3. The number of fused-ring (bicyclic) bond motifs is 1. The van der Waals surface area contributed by atoms with Gasteiger partial charge in [0.1, 0.15) is 11.5 Å². The molecule has 0 N–H and O–H groups in total. The van der Waals surface area contributed by atoms with E-state index in [1.807, 2.05) is 0 Å². The molecule has 1 aromatic heterocycles. The van der Waals surface area contributed by atoms with Crippen LogP contribution >= 0.6 is 0 Å². The first-order chi connectivity index (χ1) is 10.1. The maximum absolute atomic E-state index is 13.3. The molecule has 2 rings (SSSR count). The maximum Gasteiger partial charge on any atom is 0.355 e. The minimum Gasteiger partial charge on any atom is -0.461 e. The first-order valence-electron chi connectivity index (χ1n) is 6.53. The van der Waals surface area contributed by atoms with Crippen LogP contribution in [-0.2, 0) is 4.74 Å². The fraction of sp³-hybridized carbons (Fsp3) is 0.250. The zero-order valence-electron chi connectivity index (χ0n) is 11.6. The van der Waals surface area contributed by atoms with Crippen molar-refractivity contribution in [2.24, 2.45) is 0 Å². The number of hydrogen-bond acceptors (Lipinski definition) is 3. The molecule has 0 unspecified atom stereocenters. The van der Waals surface area contributed by atoms with E-state index in [0.29, 0.717) is 10.9 Å². The normalized spacial score (nSPS) is 10.3. The van der Waals surface area contributed by atoms with Gasteiger partial charge >= 0.3 is 5.97 Å². The predicted octanol–water partition coefficient (Wildman–Crippen LogP) is 3.01. The lowest BCUT2D eigenvalue weighted by Crippen LogP contribution is -2.18. The number of benzene rings is 1. The van der Waals surface area contributed by atoms with E-state index in [1.54, 1.807) is 6.92 Å². The molecule has 108 valence electrons. The lowest BCUT2D eigenvalue weighted by molar-refractivity contribution is 0.0509. The van der Waals surface area contributed by atoms with Crippen LogP contribution in [0.3, 0.4) is 0 Å². The first-order valence-corrected chi connectivity index (χ1v) is 6.53. The molecule has 1 aromatic carbocycles. The van der Waals surface area contributed by atoms with Gasteiger partial charge in [-0.05, 0) is 31.2 Å². The minimum atomic E-state index is -0.622. The molecule has 21 heavy (non-hydrogen) atoms. The van der Waals surface area contributed by atoms with Gasteiger partial charge in [0.25, 0.3) is 0 Å². The molecule has 0 amide bonds. The monoisotopic (exact) mass is 287 g/mol. The summed E-state index contributed by atoms with van der Waals surface area (Å²) < 4.78 is 19.5. The van der Waals surface area contributed by atoms with Gasteiger partial charge in [0.05, 0.1) is 12.1 Å². The molecule has 0 aliphatic heterocycles. The predicted molar refractivity (Wildman–Crippen MR) is 76.5 cm³/mol. The van der Waals surface area contributed by atoms with Crippen molar-refractivity contribution in [1.29, 1.82) is 0 Å². The van der Waals surface area contributed by atoms with Crippen molar-refractivity contribution >= 4 is 22.8 Å². The van der Waals surface area contributed by atoms with E-state index >= 15 is 0 Å². The molecule has 4 nitrogen and oxygen atoms in total. The summed E-state index contributed by atoms with van der Waals surface area (Å²) in [5, 5.41) is 0.465. The highest BCUT2D eigenvalue weighted by Crippen LogP contribution is 2.22. The Morgan fingerprint density at radius 1 is 1.38 bits per heavy atom. The van der Waals surface area contributed by atoms with Crippen molar-refractivity contribution in [3.63, 3.8) is 0 Å². The van der Waals surface area contributed by atoms with Crippen molar-refractivity contribution in [3.8, 4) is 12.3 Å². The van der Waals surface area contributed by atoms with E-state index in [0.717, 1.165) is 0 Å². The van der Waals surface area contributed by atoms with Crippen LogP contribution < -0.4 is 0 Å². The summed E-state index contributed by atoms with van der Waals surface area (Å²) in [7, 11) is 0. The molecule has 5 heteroatoms. The zero-order chi connectivity index (χ0) is 15.4. The lowest BCUT2D eigenvalue weighted by Gasteiger charge is -2.08. The molecule has 0 saturated carbocycles. The van der Waals surface area contributed by atoms with Gasteiger partial charge in [-0.1, -0.05) is 0 Å². The van der Waals surface area contributed by atoms with Crippen LogP contribution in [-0.4, -0.2) is 23.1 Å². The molecule has 0 bridgehead atoms. The second-order valence-corrected chi connectivity index (χ2v) is 4.39. The molecule has 0 fully saturated rings. The van der Waals surface area contributed by atoms with Crippen molar-refractivity contribution < 1.29 is 18.7 Å². The third-order valence-electron chi connectivity index (χ3n) is 2.98. The average Bonchev–Trinajstić information content (AvgIpc) is 2.83. The Balaban J connectivity index is 2.57. The summed E-state index contributed by atoms with van der Waals surface area (Å²) in [6, 6.07) is 5.41. The van der Waals surface area contributed by atoms with Gasteiger partial charge in [-0.2, -0.15) is 0 Å². The molecule has 0 aliphatic rings. The summed E-state index contributed by atoms with van der Waals surface area (Å²) in [5.41, 5.74) is 0.543. The second kappa shape index (κ2) is 6.23. The molecule has 0 spiro atoms. The Bertz CT molecular complexity index is 740. The molecule has 1 heterocycles. The smallest absolute Gasteiger partial charge is 0.355 e. The highest BCUT2D eigenvalue weighted by molar-refractivity contribution is 6.03. The van der Waals surface area contributed by atoms with Crippen LogP contribution in [0.2, 0.25) is 0 Å². The minimum absolute atomic E-state index is 0.0828. The van der Waals surface area contributed by atoms with E-state index in [-0.39, 0.29) is 31.0 Å². The molecule has 2 aromatic rings. The van der Waals surface area contributed by atoms with Crippen molar-refractivity contribution in [2.45, 2.75) is 19.8 Å². The summed E-state index contributed by atoms with van der Waals surface area (Å²) >= 11 is 0. The van der Waals surface area contributed by atoms with Gasteiger partial charge in [-0.15, -0.1) is 12.3 Å². The highest BCUT2D eigenvalue weighted by Gasteiger charge is 2.21. The largest absolute Gasteiger partial charge is 0.461 e. The number of rotatable bonds is 4. The van der Waals surface area contributed by atoms with Crippen LogP contribution in [0.4, 0.5) is 4.39 Å². The summed E-state index contributed by atoms with van der Waals surface area (Å²) in [4.78, 5) is 24.2. The fourth-order valence-corrected chi connectivity index (χ4v) is 2.10. The SMILES string of the molecule is C#CCCC(=O)n1c(C(=O)OCC)cc2cc(F)ccc21. The number of esters is 1. The number of ether oxygens (including phenoxy) is 1. The molecular weight excluding hydrogens is 273 g/mol. The molecule has 0 aliphatic carbocycles. The Morgan fingerprint density at radius 2 is 2.14 bits per heavy atom. The third kappa shape index (κ3) is 2.95. The quantitative estimate of drug-likeness (QED) is 0.641. The van der Waals surface area contributed by atoms with Crippen LogP contribution in [0.15, 0.2) is 24.3 Å². The van der Waals surface area contributed by atoms with E-state index in [2.05, 4.69) is 5.92 Å². The van der Waals surface area contributed by atoms with Gasteiger partial charge in [0.2, 0.25) is 5.91 Å². The molecule has 0 atom stereocenters. The number of carbonyl (C=O) groups excluding carboxylic acids is 2. The number of halogens is 1. The van der Waals surface area contributed by atoms with Crippen molar-refractivity contribution in [2.75, 3.05) is 6.61 Å². The molecule has 0 saturated heterocycles. The highest BCUT2D eigenvalue weighted by atomic mass is 19.1. The van der Waals surface area contributed by atoms with E-state index in [9.17, 15) is 14.0 Å². The standard InChI is InChI=1S/C16H14FNO3/c1-3-5-6-15(19)18-13-8-7-12(17)9-11(13)10-14(18)16(20)21-4-2/h1,7-10H,4-6H2,2H3. The lowest BCUT2D eigenvalue weighted by atomic mass is 10.2. The number of hydrogen-bond donors (Lipinski definition) is 0. The van der Waals surface area contributed by atoms with E-state index < -0.39 is 11.8 Å². The van der Waals surface area contributed by atoms with E-state index in [1.165, 1.54) is 28.8 Å². The van der Waals surface area contributed by atoms with Gasteiger partial charge in [-0.25, -0.2) is 9.18 Å². The number of carbonyl (C=O) groups is 2. The third-order valence-corrected chi connectivity index (χ3v) is 2.98. The van der Waals surface area contributed by atoms with Crippen LogP contribution in [0.25, 0.3) is 10.9 Å². The number of terminal acetylenes is 1. The van der Waals surface area contributed by atoms with Gasteiger partial charge in [-0.3, -0.25) is 9.36 Å². The summed E-state index contributed by atoms with van der Waals surface area (Å²) in [5.74, 6) is 0.999. The summed E-state index contributed by atoms with van der Waals surface area (Å²) in [6.07, 6.45) is 5.52. The Hall–Kier alpha value is -2.61. The van der Waals surface area contributed by atoms with Gasteiger partial charge < -0.3 is 4.74 Å². The Kier molecular flexibility index (Phi) is 4.39. The molecular formula is C16H14FNO3. The zero-order valence-corrected chi connectivity index (χ0v) is 11.6. The van der Waals surface area contributed by atoms with Gasteiger partial charge in [0.15, 0.2) is 0 Å². The number of aromatic nitrogens is 1. The van der Waals surface area contributed by atoms with Gasteiger partial charge in [0, 0.05) is 18.2 Å². The Labute approximate surface area is 121 Å². The Morgan fingerprint density at radius 3 is 2.81 bits per heavy atom. The van der Waals surface area contributed by atoms with Crippen LogP contribution in [0.1, 0.15) is 35.0 Å². The van der Waals surface area contributed by atoms with Crippen molar-refractivity contribution in [3.05, 3.63) is 35.8 Å². The van der Waals surface area contributed by atoms with Crippen molar-refractivity contribution in [1.82, 2.24) is 4.57 Å². The van der Waals surface area contributed by atoms with Crippen LogP contribution in [0.5, 0.6) is 0 Å². The first kappa shape index (κ1) is 14.8. The number of nitrogens with zero attached hydrogens (tertiary/aromatic N) is 1. The molecule has 0 radical (unpaired) electrons. The average molecular weight is 287 g/mol. The van der Waals surface area contributed by atoms with E-state index in [4.69, 9.17) is 11.2 Å². The second-order valence-electron chi connectivity index (χ2n) is 4.39.